The summed E-state index contributed by atoms with van der Waals surface area (Å²) in [6.45, 7) is 0.0906. The summed E-state index contributed by atoms with van der Waals surface area (Å²) >= 11 is 0. The first kappa shape index (κ1) is 12.9. The van der Waals surface area contributed by atoms with Crippen molar-refractivity contribution >= 4 is 5.97 Å². The van der Waals surface area contributed by atoms with Crippen LogP contribution >= 0.6 is 0 Å². The average Bonchev–Trinajstić information content (AvgIpc) is 1.66. The standard InChI is InChI=1S/C5H10O3.Rb.H/c6-4-2-1-3-5(7)8;;/h6H,1-4H2,(H,7,8);;/q;+1;-1. The van der Waals surface area contributed by atoms with Crippen LogP contribution in [0.5, 0.6) is 0 Å². The number of aliphatic hydroxyl groups is 1. The van der Waals surface area contributed by atoms with Gasteiger partial charge in [0.2, 0.25) is 0 Å². The van der Waals surface area contributed by atoms with Gasteiger partial charge in [-0.1, -0.05) is 0 Å². The number of unbranched alkanes of at least 4 members (excludes halogenated alkanes) is 1. The number of rotatable bonds is 4. The SMILES string of the molecule is O=C(O)CCCCO.[H-].[Rb+]. The molecule has 0 heterocycles. The first-order chi connectivity index (χ1) is 3.77. The molecule has 0 aromatic rings. The van der Waals surface area contributed by atoms with Gasteiger partial charge in [0.05, 0.1) is 0 Å². The first-order valence-corrected chi connectivity index (χ1v) is 2.60. The van der Waals surface area contributed by atoms with E-state index in [-0.39, 0.29) is 72.6 Å². The maximum absolute atomic E-state index is 9.79. The molecule has 0 aliphatic heterocycles. The number of carboxylic acid groups (broad SMARTS) is 1. The fourth-order valence-electron chi connectivity index (χ4n) is 0.388. The molecule has 0 amide bonds. The molecule has 0 radical (unpaired) electrons. The second kappa shape index (κ2) is 9.24. The molecule has 4 heteroatoms. The zero-order valence-electron chi connectivity index (χ0n) is 6.63. The fourth-order valence-corrected chi connectivity index (χ4v) is 0.388. The Labute approximate surface area is 105 Å². The Morgan fingerprint density at radius 2 is 2.00 bits per heavy atom. The molecule has 0 unspecified atom stereocenters. The third-order valence-corrected chi connectivity index (χ3v) is 0.799. The monoisotopic (exact) mass is 204 g/mol. The molecule has 0 aromatic carbocycles. The quantitative estimate of drug-likeness (QED) is 0.492. The molecule has 0 rings (SSSR count). The summed E-state index contributed by atoms with van der Waals surface area (Å²) in [6, 6.07) is 0. The summed E-state index contributed by atoms with van der Waals surface area (Å²) in [5.41, 5.74) is 0. The topological polar surface area (TPSA) is 57.5 Å². The number of aliphatic carboxylic acids is 1. The van der Waals surface area contributed by atoms with Gasteiger partial charge in [-0.2, -0.15) is 0 Å². The molecule has 3 nitrogen and oxygen atoms in total. The molecule has 0 spiro atoms. The van der Waals surface area contributed by atoms with Gasteiger partial charge in [-0.15, -0.1) is 0 Å². The van der Waals surface area contributed by atoms with Gasteiger partial charge in [-0.3, -0.25) is 4.79 Å². The van der Waals surface area contributed by atoms with Crippen LogP contribution in [0.1, 0.15) is 20.7 Å². The average molecular weight is 205 g/mol. The van der Waals surface area contributed by atoms with Crippen molar-refractivity contribution in [2.75, 3.05) is 6.61 Å². The molecule has 50 valence electrons. The zero-order valence-corrected chi connectivity index (χ0v) is 10.5. The van der Waals surface area contributed by atoms with Gasteiger partial charge in [0, 0.05) is 13.0 Å². The molecule has 0 atom stereocenters. The predicted octanol–water partition coefficient (Wildman–Crippen LogP) is -2.65. The van der Waals surface area contributed by atoms with Crippen molar-refractivity contribution in [3.8, 4) is 0 Å². The van der Waals surface area contributed by atoms with Crippen LogP contribution < -0.4 is 58.2 Å². The maximum atomic E-state index is 9.79. The number of hydrogen-bond acceptors (Lipinski definition) is 2. The minimum atomic E-state index is -0.793. The normalized spacial score (nSPS) is 8.11. The number of carboxylic acids is 1. The van der Waals surface area contributed by atoms with Crippen LogP contribution in [-0.4, -0.2) is 22.8 Å². The van der Waals surface area contributed by atoms with Crippen LogP contribution in [0.4, 0.5) is 0 Å². The van der Waals surface area contributed by atoms with E-state index in [2.05, 4.69) is 0 Å². The summed E-state index contributed by atoms with van der Waals surface area (Å²) in [5, 5.41) is 16.2. The zero-order chi connectivity index (χ0) is 6.41. The van der Waals surface area contributed by atoms with Gasteiger partial charge in [0.25, 0.3) is 0 Å². The summed E-state index contributed by atoms with van der Waals surface area (Å²) in [6.07, 6.45) is 1.33. The molecule has 0 fully saturated rings. The maximum Gasteiger partial charge on any atom is 1.00 e. The van der Waals surface area contributed by atoms with Gasteiger partial charge in [-0.25, -0.2) is 0 Å². The second-order valence-corrected chi connectivity index (χ2v) is 1.57. The van der Waals surface area contributed by atoms with E-state index in [1.54, 1.807) is 0 Å². The first-order valence-electron chi connectivity index (χ1n) is 2.60. The minimum absolute atomic E-state index is 0. The molecule has 9 heavy (non-hydrogen) atoms. The van der Waals surface area contributed by atoms with Crippen molar-refractivity contribution in [2.24, 2.45) is 0 Å². The van der Waals surface area contributed by atoms with Crippen LogP contribution in [0.15, 0.2) is 0 Å². The van der Waals surface area contributed by atoms with E-state index >= 15 is 0 Å². The summed E-state index contributed by atoms with van der Waals surface area (Å²) in [4.78, 5) is 9.79. The van der Waals surface area contributed by atoms with E-state index in [1.165, 1.54) is 0 Å². The summed E-state index contributed by atoms with van der Waals surface area (Å²) < 4.78 is 0. The Balaban J connectivity index is -0.000000245. The molecular weight excluding hydrogens is 194 g/mol. The van der Waals surface area contributed by atoms with Gasteiger partial charge in [-0.05, 0) is 12.8 Å². The van der Waals surface area contributed by atoms with Crippen LogP contribution in [0, 0.1) is 0 Å². The second-order valence-electron chi connectivity index (χ2n) is 1.57. The summed E-state index contributed by atoms with van der Waals surface area (Å²) in [7, 11) is 0. The van der Waals surface area contributed by atoms with Crippen LogP contribution in [0.25, 0.3) is 0 Å². The van der Waals surface area contributed by atoms with E-state index in [4.69, 9.17) is 10.2 Å². The van der Waals surface area contributed by atoms with Crippen molar-refractivity contribution in [3.63, 3.8) is 0 Å². The van der Waals surface area contributed by atoms with Crippen LogP contribution in [0.2, 0.25) is 0 Å². The van der Waals surface area contributed by atoms with Crippen molar-refractivity contribution in [3.05, 3.63) is 0 Å². The Hall–Kier alpha value is 1.24. The third kappa shape index (κ3) is 12.4. The molecule has 0 aromatic heterocycles. The Morgan fingerprint density at radius 3 is 2.33 bits per heavy atom. The van der Waals surface area contributed by atoms with E-state index in [0.29, 0.717) is 12.8 Å². The Morgan fingerprint density at radius 1 is 1.44 bits per heavy atom. The molecule has 0 saturated carbocycles. The number of hydrogen-bond donors (Lipinski definition) is 2. The van der Waals surface area contributed by atoms with Crippen LogP contribution in [0.3, 0.4) is 0 Å². The van der Waals surface area contributed by atoms with Crippen molar-refractivity contribution < 1.29 is 74.6 Å². The smallest absolute Gasteiger partial charge is 1.00 e. The van der Waals surface area contributed by atoms with Gasteiger partial charge >= 0.3 is 64.2 Å². The largest absolute Gasteiger partial charge is 1.00 e. The molecule has 0 bridgehead atoms. The van der Waals surface area contributed by atoms with E-state index in [0.717, 1.165) is 0 Å². The van der Waals surface area contributed by atoms with Gasteiger partial charge in [0.15, 0.2) is 0 Å². The van der Waals surface area contributed by atoms with E-state index in [1.807, 2.05) is 0 Å². The fraction of sp³-hybridized carbons (Fsp3) is 0.800. The molecule has 0 aliphatic rings. The molecule has 0 saturated heterocycles. The van der Waals surface area contributed by atoms with E-state index < -0.39 is 5.97 Å². The van der Waals surface area contributed by atoms with Crippen molar-refractivity contribution in [2.45, 2.75) is 19.3 Å². The van der Waals surface area contributed by atoms with Crippen molar-refractivity contribution in [1.82, 2.24) is 0 Å². The van der Waals surface area contributed by atoms with Gasteiger partial charge < -0.3 is 11.6 Å². The number of aliphatic hydroxyl groups excluding tert-OH is 1. The number of carbonyl (C=O) groups is 1. The van der Waals surface area contributed by atoms with Crippen LogP contribution in [-0.2, 0) is 4.79 Å². The van der Waals surface area contributed by atoms with E-state index in [9.17, 15) is 4.79 Å². The molecule has 0 aliphatic carbocycles. The third-order valence-electron chi connectivity index (χ3n) is 0.799. The molecule has 2 N–H and O–H groups in total. The Bertz CT molecular complexity index is 79.3. The minimum Gasteiger partial charge on any atom is -1.00 e. The van der Waals surface area contributed by atoms with Gasteiger partial charge in [0.1, 0.15) is 0 Å². The molecular formula is C5H11O3Rb. The predicted molar refractivity (Wildman–Crippen MR) is 29.7 cm³/mol. The summed E-state index contributed by atoms with van der Waals surface area (Å²) in [5.74, 6) is -0.793. The Kier molecular flexibility index (Phi) is 13.2. The van der Waals surface area contributed by atoms with Crippen molar-refractivity contribution in [1.29, 1.82) is 0 Å².